The van der Waals surface area contributed by atoms with Crippen LogP contribution in [0, 0.1) is 0 Å². The number of nitrogens with zero attached hydrogens (tertiary/aromatic N) is 3. The third kappa shape index (κ3) is 4.48. The van der Waals surface area contributed by atoms with Crippen LogP contribution in [0.4, 0.5) is 0 Å². The first kappa shape index (κ1) is 17.7. The number of hydrogen-bond acceptors (Lipinski definition) is 3. The Morgan fingerprint density at radius 1 is 1.04 bits per heavy atom. The van der Waals surface area contributed by atoms with Gasteiger partial charge >= 0.3 is 0 Å². The summed E-state index contributed by atoms with van der Waals surface area (Å²) in [5, 5.41) is 5.63. The molecule has 126 valence electrons. The molecule has 0 N–H and O–H groups in total. The average molecular weight is 393 g/mol. The molecule has 7 heteroatoms. The van der Waals surface area contributed by atoms with E-state index in [0.29, 0.717) is 31.8 Å². The topological polar surface area (TPSA) is 47.8 Å². The van der Waals surface area contributed by atoms with Crippen molar-refractivity contribution in [2.75, 3.05) is 0 Å². The van der Waals surface area contributed by atoms with E-state index in [-0.39, 0.29) is 12.3 Å². The first-order valence-electron chi connectivity index (χ1n) is 7.31. The maximum Gasteiger partial charge on any atom is 0.190 e. The van der Waals surface area contributed by atoms with Crippen LogP contribution in [0.1, 0.15) is 15.9 Å². The monoisotopic (exact) mass is 391 g/mol. The lowest BCUT2D eigenvalue weighted by Crippen LogP contribution is -2.11. The van der Waals surface area contributed by atoms with Gasteiger partial charge in [0, 0.05) is 26.2 Å². The van der Waals surface area contributed by atoms with E-state index < -0.39 is 0 Å². The number of Topliss-reactive ketones (excluding diaryl/α,β-unsaturated/α-hetero) is 1. The van der Waals surface area contributed by atoms with Crippen LogP contribution in [0.2, 0.25) is 15.1 Å². The molecule has 2 aromatic carbocycles. The fraction of sp³-hybridized carbons (Fsp3) is 0.0556. The highest BCUT2D eigenvalue weighted by atomic mass is 35.5. The zero-order valence-electron chi connectivity index (χ0n) is 12.9. The summed E-state index contributed by atoms with van der Waals surface area (Å²) in [6.45, 7) is 0.264. The van der Waals surface area contributed by atoms with Crippen LogP contribution in [-0.4, -0.2) is 20.5 Å². The molecular weight excluding hydrogens is 381 g/mol. The predicted molar refractivity (Wildman–Crippen MR) is 100 cm³/mol. The van der Waals surface area contributed by atoms with Gasteiger partial charge in [0.2, 0.25) is 0 Å². The van der Waals surface area contributed by atoms with E-state index in [1.165, 1.54) is 6.33 Å². The van der Waals surface area contributed by atoms with Crippen LogP contribution >= 0.6 is 34.8 Å². The summed E-state index contributed by atoms with van der Waals surface area (Å²) < 4.78 is 1.57. The summed E-state index contributed by atoms with van der Waals surface area (Å²) in [5.41, 5.74) is 1.74. The number of allylic oxidation sites excluding steroid dienone is 1. The number of halogens is 3. The van der Waals surface area contributed by atoms with Gasteiger partial charge in [-0.2, -0.15) is 5.10 Å². The van der Waals surface area contributed by atoms with Crippen LogP contribution in [0.15, 0.2) is 60.7 Å². The van der Waals surface area contributed by atoms with Crippen LogP contribution in [0.25, 0.3) is 6.08 Å². The second-order valence-corrected chi connectivity index (χ2v) is 6.54. The molecule has 4 nitrogen and oxygen atoms in total. The van der Waals surface area contributed by atoms with Crippen molar-refractivity contribution < 1.29 is 4.79 Å². The van der Waals surface area contributed by atoms with Gasteiger partial charge in [-0.1, -0.05) is 40.9 Å². The Morgan fingerprint density at radius 2 is 1.76 bits per heavy atom. The van der Waals surface area contributed by atoms with Crippen molar-refractivity contribution in [1.82, 2.24) is 14.8 Å². The van der Waals surface area contributed by atoms with Crippen molar-refractivity contribution in [3.63, 3.8) is 0 Å². The lowest BCUT2D eigenvalue weighted by atomic mass is 10.0. The minimum absolute atomic E-state index is 0.141. The van der Waals surface area contributed by atoms with E-state index in [2.05, 4.69) is 10.1 Å². The molecule has 0 atom stereocenters. The molecule has 0 aliphatic heterocycles. The minimum atomic E-state index is -0.141. The molecular formula is C18H12Cl3N3O. The van der Waals surface area contributed by atoms with E-state index in [1.54, 1.807) is 59.5 Å². The maximum absolute atomic E-state index is 12.9. The molecule has 0 fully saturated rings. The van der Waals surface area contributed by atoms with Crippen LogP contribution in [-0.2, 0) is 6.54 Å². The Labute approximate surface area is 159 Å². The highest BCUT2D eigenvalue weighted by Crippen LogP contribution is 2.24. The fourth-order valence-electron chi connectivity index (χ4n) is 2.26. The molecule has 0 saturated heterocycles. The second kappa shape index (κ2) is 7.83. The van der Waals surface area contributed by atoms with Gasteiger partial charge in [0.1, 0.15) is 12.7 Å². The van der Waals surface area contributed by atoms with E-state index in [4.69, 9.17) is 34.8 Å². The van der Waals surface area contributed by atoms with Gasteiger partial charge in [-0.25, -0.2) is 9.67 Å². The summed E-state index contributed by atoms with van der Waals surface area (Å²) in [4.78, 5) is 16.8. The standard InChI is InChI=1S/C18H12Cl3N3O/c19-15-4-1-12(2-5-15)18(25)14(9-24-11-22-10-23-24)7-13-3-6-16(20)8-17(13)21/h1-8,10-11H,9H2. The number of carbonyl (C=O) groups is 1. The molecule has 0 saturated carbocycles. The highest BCUT2D eigenvalue weighted by Gasteiger charge is 2.14. The Bertz CT molecular complexity index is 919. The van der Waals surface area contributed by atoms with Crippen molar-refractivity contribution in [3.05, 3.63) is 86.9 Å². The molecule has 3 aromatic rings. The Balaban J connectivity index is 2.01. The maximum atomic E-state index is 12.9. The normalized spacial score (nSPS) is 11.6. The largest absolute Gasteiger partial charge is 0.289 e. The number of rotatable bonds is 5. The van der Waals surface area contributed by atoms with Gasteiger partial charge < -0.3 is 0 Å². The van der Waals surface area contributed by atoms with Gasteiger partial charge in [-0.05, 0) is 48.0 Å². The van der Waals surface area contributed by atoms with Gasteiger partial charge in [0.05, 0.1) is 6.54 Å². The van der Waals surface area contributed by atoms with Gasteiger partial charge in [-0.15, -0.1) is 0 Å². The summed E-state index contributed by atoms with van der Waals surface area (Å²) in [6.07, 6.45) is 4.70. The number of carbonyl (C=O) groups excluding carboxylic acids is 1. The predicted octanol–water partition coefficient (Wildman–Crippen LogP) is 5.20. The first-order chi connectivity index (χ1) is 12.0. The average Bonchev–Trinajstić information content (AvgIpc) is 3.10. The molecule has 0 aliphatic rings. The third-order valence-electron chi connectivity index (χ3n) is 3.49. The van der Waals surface area contributed by atoms with E-state index >= 15 is 0 Å². The molecule has 1 heterocycles. The highest BCUT2D eigenvalue weighted by molar-refractivity contribution is 6.35. The summed E-state index contributed by atoms with van der Waals surface area (Å²) in [6, 6.07) is 11.8. The third-order valence-corrected chi connectivity index (χ3v) is 4.30. The van der Waals surface area contributed by atoms with E-state index in [1.807, 2.05) is 0 Å². The second-order valence-electron chi connectivity index (χ2n) is 5.26. The van der Waals surface area contributed by atoms with E-state index in [0.717, 1.165) is 0 Å². The first-order valence-corrected chi connectivity index (χ1v) is 8.44. The molecule has 0 bridgehead atoms. The van der Waals surface area contributed by atoms with Crippen molar-refractivity contribution in [2.45, 2.75) is 6.54 Å². The SMILES string of the molecule is O=C(C(=Cc1ccc(Cl)cc1Cl)Cn1cncn1)c1ccc(Cl)cc1. The van der Waals surface area contributed by atoms with Gasteiger partial charge in [0.15, 0.2) is 5.78 Å². The lowest BCUT2D eigenvalue weighted by Gasteiger charge is -2.09. The molecule has 3 rings (SSSR count). The number of ketones is 1. The smallest absolute Gasteiger partial charge is 0.190 e. The zero-order valence-corrected chi connectivity index (χ0v) is 15.1. The fourth-order valence-corrected chi connectivity index (χ4v) is 2.85. The minimum Gasteiger partial charge on any atom is -0.289 e. The molecule has 0 aliphatic carbocycles. The van der Waals surface area contributed by atoms with Crippen molar-refractivity contribution >= 4 is 46.7 Å². The molecule has 0 amide bonds. The number of aromatic nitrogens is 3. The van der Waals surface area contributed by atoms with Crippen LogP contribution in [0.3, 0.4) is 0 Å². The van der Waals surface area contributed by atoms with Gasteiger partial charge in [-0.3, -0.25) is 4.79 Å². The van der Waals surface area contributed by atoms with Crippen LogP contribution < -0.4 is 0 Å². The Morgan fingerprint density at radius 3 is 2.40 bits per heavy atom. The molecule has 1 aromatic heterocycles. The molecule has 0 spiro atoms. The lowest BCUT2D eigenvalue weighted by molar-refractivity contribution is 0.103. The molecule has 0 radical (unpaired) electrons. The van der Waals surface area contributed by atoms with E-state index in [9.17, 15) is 4.79 Å². The van der Waals surface area contributed by atoms with Gasteiger partial charge in [0.25, 0.3) is 0 Å². The zero-order chi connectivity index (χ0) is 17.8. The summed E-state index contributed by atoms with van der Waals surface area (Å²) >= 11 is 18.1. The Kier molecular flexibility index (Phi) is 5.53. The van der Waals surface area contributed by atoms with Crippen LogP contribution in [0.5, 0.6) is 0 Å². The Hall–Kier alpha value is -2.14. The van der Waals surface area contributed by atoms with Crippen molar-refractivity contribution in [2.24, 2.45) is 0 Å². The van der Waals surface area contributed by atoms with Crippen molar-refractivity contribution in [1.29, 1.82) is 0 Å². The quantitative estimate of drug-likeness (QED) is 0.442. The summed E-state index contributed by atoms with van der Waals surface area (Å²) in [7, 11) is 0. The molecule has 0 unspecified atom stereocenters. The number of hydrogen-bond donors (Lipinski definition) is 0. The van der Waals surface area contributed by atoms with Crippen molar-refractivity contribution in [3.8, 4) is 0 Å². The number of benzene rings is 2. The summed E-state index contributed by atoms with van der Waals surface area (Å²) in [5.74, 6) is -0.141. The molecule has 25 heavy (non-hydrogen) atoms.